The van der Waals surface area contributed by atoms with E-state index in [2.05, 4.69) is 30.8 Å². The lowest BCUT2D eigenvalue weighted by molar-refractivity contribution is -0.00000570. The van der Waals surface area contributed by atoms with Crippen molar-refractivity contribution in [1.29, 1.82) is 0 Å². The Hall–Kier alpha value is -1.92. The number of quaternary nitrogens is 1. The Morgan fingerprint density at radius 3 is 2.37 bits per heavy atom. The third-order valence-electron chi connectivity index (χ3n) is 4.89. The summed E-state index contributed by atoms with van der Waals surface area (Å²) in [5.74, 6) is -0.229. The van der Waals surface area contributed by atoms with Gasteiger partial charge in [0.1, 0.15) is 18.0 Å². The molecule has 1 heterocycles. The first-order valence-corrected chi connectivity index (χ1v) is 9.39. The second-order valence-corrected chi connectivity index (χ2v) is 7.55. The molecule has 138 valence electrons. The van der Waals surface area contributed by atoms with Gasteiger partial charge in [0.2, 0.25) is 5.50 Å². The lowest BCUT2D eigenvalue weighted by atomic mass is 10.1. The van der Waals surface area contributed by atoms with E-state index in [9.17, 15) is 4.39 Å². The third-order valence-corrected chi connectivity index (χ3v) is 6.08. The van der Waals surface area contributed by atoms with Gasteiger partial charge in [-0.2, -0.15) is 0 Å². The molecule has 27 heavy (non-hydrogen) atoms. The molecule has 3 aromatic carbocycles. The van der Waals surface area contributed by atoms with Crippen LogP contribution in [0, 0.1) is 5.82 Å². The fraction of sp³-hybridized carbons (Fsp3) is 0.0909. The van der Waals surface area contributed by atoms with Crippen molar-refractivity contribution in [3.63, 3.8) is 0 Å². The molecule has 2 atom stereocenters. The van der Waals surface area contributed by atoms with E-state index < -0.39 is 0 Å². The average Bonchev–Trinajstić information content (AvgIpc) is 2.97. The normalized spacial score (nSPS) is 20.6. The van der Waals surface area contributed by atoms with Crippen LogP contribution < -0.4 is 27.2 Å². The van der Waals surface area contributed by atoms with Gasteiger partial charge in [-0.3, -0.25) is 5.73 Å². The smallest absolute Gasteiger partial charge is 0.203 e. The number of hydrogen-bond donors (Lipinski definition) is 1. The van der Waals surface area contributed by atoms with Crippen molar-refractivity contribution in [2.45, 2.75) is 16.9 Å². The van der Waals surface area contributed by atoms with Gasteiger partial charge in [0.25, 0.3) is 0 Å². The Morgan fingerprint density at radius 1 is 1.00 bits per heavy atom. The zero-order chi connectivity index (χ0) is 18.1. The number of hydrogen-bond acceptors (Lipinski definition) is 2. The van der Waals surface area contributed by atoms with Crippen LogP contribution in [0.3, 0.4) is 0 Å². The summed E-state index contributed by atoms with van der Waals surface area (Å²) in [6.07, 6.45) is 1.89. The Bertz CT molecular complexity index is 946. The van der Waals surface area contributed by atoms with Crippen LogP contribution >= 0.6 is 11.8 Å². The van der Waals surface area contributed by atoms with Gasteiger partial charge in [0.15, 0.2) is 5.69 Å². The van der Waals surface area contributed by atoms with Crippen LogP contribution in [0.15, 0.2) is 84.3 Å². The number of benzene rings is 3. The molecule has 0 bridgehead atoms. The first-order valence-electron chi connectivity index (χ1n) is 8.51. The highest BCUT2D eigenvalue weighted by molar-refractivity contribution is 8.00. The molecule has 2 unspecified atom stereocenters. The molecule has 0 amide bonds. The summed E-state index contributed by atoms with van der Waals surface area (Å²) in [5, 5.41) is 0. The van der Waals surface area contributed by atoms with Gasteiger partial charge < -0.3 is 17.0 Å². The fourth-order valence-electron chi connectivity index (χ4n) is 3.68. The van der Waals surface area contributed by atoms with Gasteiger partial charge in [-0.15, -0.1) is 0 Å². The van der Waals surface area contributed by atoms with E-state index in [0.717, 1.165) is 22.5 Å². The number of thioether (sulfide) groups is 1. The maximum atomic E-state index is 13.4. The second kappa shape index (κ2) is 7.98. The van der Waals surface area contributed by atoms with E-state index in [-0.39, 0.29) is 28.3 Å². The first-order chi connectivity index (χ1) is 12.6. The van der Waals surface area contributed by atoms with Crippen molar-refractivity contribution in [3.05, 3.63) is 96.3 Å². The topological polar surface area (TPSA) is 26.0 Å². The molecule has 5 heteroatoms. The van der Waals surface area contributed by atoms with Crippen molar-refractivity contribution >= 4 is 29.2 Å². The minimum Gasteiger partial charge on any atom is -1.00 e. The van der Waals surface area contributed by atoms with E-state index in [1.807, 2.05) is 42.5 Å². The van der Waals surface area contributed by atoms with Crippen LogP contribution in [-0.4, -0.2) is 5.50 Å². The lowest BCUT2D eigenvalue weighted by Gasteiger charge is -2.38. The van der Waals surface area contributed by atoms with Crippen molar-refractivity contribution in [1.82, 2.24) is 4.48 Å². The highest BCUT2D eigenvalue weighted by Gasteiger charge is 2.49. The molecular formula is C22H20BrFN2S. The summed E-state index contributed by atoms with van der Waals surface area (Å²) in [5.41, 5.74) is 10.9. The number of nitrogens with zero attached hydrogens (tertiary/aromatic N) is 1. The van der Waals surface area contributed by atoms with Crippen LogP contribution in [0.25, 0.3) is 6.08 Å². The summed E-state index contributed by atoms with van der Waals surface area (Å²) in [6, 6.07) is 23.2. The standard InChI is InChI=1S/C22H20FN2S.BrH/c1-2-17-7-6-10-20-21(17)25(22(24)26-20,19-8-4-3-5-9-19)15-16-11-13-18(23)14-12-16;/h2-14,22H,1,15,24H2;1H/q+1;/p-1. The van der Waals surface area contributed by atoms with E-state index in [1.54, 1.807) is 11.8 Å². The van der Waals surface area contributed by atoms with Crippen LogP contribution in [0.1, 0.15) is 11.1 Å². The van der Waals surface area contributed by atoms with Gasteiger partial charge in [-0.05, 0) is 48.2 Å². The molecule has 1 aliphatic heterocycles. The summed E-state index contributed by atoms with van der Waals surface area (Å²) in [6.45, 7) is 4.65. The molecule has 0 saturated heterocycles. The summed E-state index contributed by atoms with van der Waals surface area (Å²) >= 11 is 1.67. The predicted molar refractivity (Wildman–Crippen MR) is 108 cm³/mol. The molecule has 4 rings (SSSR count). The quantitative estimate of drug-likeness (QED) is 0.628. The predicted octanol–water partition coefficient (Wildman–Crippen LogP) is 2.66. The Morgan fingerprint density at radius 2 is 1.70 bits per heavy atom. The van der Waals surface area contributed by atoms with Crippen molar-refractivity contribution in [3.8, 4) is 0 Å². The van der Waals surface area contributed by atoms with Crippen LogP contribution in [0.4, 0.5) is 15.8 Å². The number of fused-ring (bicyclic) bond motifs is 1. The molecule has 0 aromatic heterocycles. The van der Waals surface area contributed by atoms with E-state index >= 15 is 0 Å². The zero-order valence-corrected chi connectivity index (χ0v) is 17.1. The molecular weight excluding hydrogens is 423 g/mol. The SMILES string of the molecule is C=Cc1cccc2c1[N+](Cc1ccc(F)cc1)(c1ccccc1)C(N)S2.[Br-]. The molecule has 1 aliphatic rings. The molecule has 2 N–H and O–H groups in total. The summed E-state index contributed by atoms with van der Waals surface area (Å²) in [7, 11) is 0. The zero-order valence-electron chi connectivity index (χ0n) is 14.7. The molecule has 0 radical (unpaired) electrons. The molecule has 0 aliphatic carbocycles. The van der Waals surface area contributed by atoms with Gasteiger partial charge in [0.05, 0.1) is 4.90 Å². The number of halogens is 2. The third kappa shape index (κ3) is 3.36. The number of rotatable bonds is 4. The highest BCUT2D eigenvalue weighted by atomic mass is 79.9. The number of nitrogens with two attached hydrogens (primary N) is 1. The van der Waals surface area contributed by atoms with Crippen molar-refractivity contribution in [2.24, 2.45) is 5.73 Å². The monoisotopic (exact) mass is 442 g/mol. The lowest BCUT2D eigenvalue weighted by Crippen LogP contribution is -3.00. The van der Waals surface area contributed by atoms with Gasteiger partial charge in [-0.1, -0.05) is 49.1 Å². The Balaban J connectivity index is 0.00000210. The van der Waals surface area contributed by atoms with E-state index in [1.165, 1.54) is 17.0 Å². The largest absolute Gasteiger partial charge is 1.00 e. The van der Waals surface area contributed by atoms with Crippen molar-refractivity contribution in [2.75, 3.05) is 0 Å². The summed E-state index contributed by atoms with van der Waals surface area (Å²) < 4.78 is 13.9. The van der Waals surface area contributed by atoms with E-state index in [4.69, 9.17) is 5.73 Å². The maximum absolute atomic E-state index is 13.4. The summed E-state index contributed by atoms with van der Waals surface area (Å²) in [4.78, 5) is 1.17. The molecule has 0 spiro atoms. The van der Waals surface area contributed by atoms with Crippen LogP contribution in [-0.2, 0) is 6.54 Å². The van der Waals surface area contributed by atoms with Gasteiger partial charge in [-0.25, -0.2) is 8.87 Å². The van der Waals surface area contributed by atoms with Crippen molar-refractivity contribution < 1.29 is 21.4 Å². The van der Waals surface area contributed by atoms with Gasteiger partial charge in [0, 0.05) is 11.1 Å². The molecule has 0 fully saturated rings. The van der Waals surface area contributed by atoms with E-state index in [0.29, 0.717) is 11.0 Å². The highest BCUT2D eigenvalue weighted by Crippen LogP contribution is 2.54. The fourth-order valence-corrected chi connectivity index (χ4v) is 4.97. The average molecular weight is 443 g/mol. The Kier molecular flexibility index (Phi) is 5.86. The van der Waals surface area contributed by atoms with Crippen LogP contribution in [0.2, 0.25) is 0 Å². The molecule has 3 aromatic rings. The molecule has 0 saturated carbocycles. The maximum Gasteiger partial charge on any atom is 0.203 e. The number of para-hydroxylation sites is 2. The minimum absolute atomic E-state index is 0. The first kappa shape index (κ1) is 19.8. The molecule has 2 nitrogen and oxygen atoms in total. The van der Waals surface area contributed by atoms with Gasteiger partial charge >= 0.3 is 0 Å². The minimum atomic E-state index is -0.229. The van der Waals surface area contributed by atoms with Crippen LogP contribution in [0.5, 0.6) is 0 Å². The second-order valence-electron chi connectivity index (χ2n) is 6.40. The Labute approximate surface area is 173 Å².